The lowest BCUT2D eigenvalue weighted by atomic mass is 10.1. The quantitative estimate of drug-likeness (QED) is 0.301. The number of H-pyrrole nitrogens is 1. The minimum Gasteiger partial charge on any atom is -0.493 e. The molecule has 0 fully saturated rings. The van der Waals surface area contributed by atoms with Crippen LogP contribution in [0.2, 0.25) is 0 Å². The molecule has 7 nitrogen and oxygen atoms in total. The summed E-state index contributed by atoms with van der Waals surface area (Å²) in [5.41, 5.74) is 2.13. The van der Waals surface area contributed by atoms with Crippen molar-refractivity contribution in [2.45, 2.75) is 0 Å². The summed E-state index contributed by atoms with van der Waals surface area (Å²) < 4.78 is 20.8. The number of ether oxygens (including phenoxy) is 4. The highest BCUT2D eigenvalue weighted by atomic mass is 32.2. The van der Waals surface area contributed by atoms with E-state index in [9.17, 15) is 9.59 Å². The fraction of sp³-hybridized carbons (Fsp3) is 0.217. The molecule has 3 rings (SSSR count). The highest BCUT2D eigenvalue weighted by Crippen LogP contribution is 2.39. The zero-order valence-corrected chi connectivity index (χ0v) is 18.5. The predicted octanol–water partition coefficient (Wildman–Crippen LogP) is 4.32. The lowest BCUT2D eigenvalue weighted by molar-refractivity contribution is -0.137. The molecule has 0 aliphatic heterocycles. The van der Waals surface area contributed by atoms with Gasteiger partial charge in [0.25, 0.3) is 0 Å². The molecule has 0 spiro atoms. The highest BCUT2D eigenvalue weighted by Gasteiger charge is 2.21. The van der Waals surface area contributed by atoms with Crippen LogP contribution in [0, 0.1) is 0 Å². The Morgan fingerprint density at radius 1 is 1.00 bits per heavy atom. The minimum atomic E-state index is -0.424. The average Bonchev–Trinajstić information content (AvgIpc) is 3.22. The third-order valence-electron chi connectivity index (χ3n) is 4.63. The van der Waals surface area contributed by atoms with Gasteiger partial charge in [0, 0.05) is 28.2 Å². The Balaban J connectivity index is 2.07. The molecule has 0 aliphatic carbocycles. The van der Waals surface area contributed by atoms with Crippen LogP contribution in [0.1, 0.15) is 15.9 Å². The molecule has 0 saturated heterocycles. The SMILES string of the molecule is COC(=O)CS/C(=C/c1c[nH]c2ccccc12)C(=O)c1cc(OC)c(OC)c(OC)c1. The second-order valence-corrected chi connectivity index (χ2v) is 7.42. The first-order chi connectivity index (χ1) is 15.0. The molecule has 0 saturated carbocycles. The first-order valence-corrected chi connectivity index (χ1v) is 10.3. The van der Waals surface area contributed by atoms with E-state index in [0.29, 0.717) is 27.7 Å². The van der Waals surface area contributed by atoms with Gasteiger partial charge in [-0.2, -0.15) is 0 Å². The molecule has 3 aromatic rings. The maximum Gasteiger partial charge on any atom is 0.315 e. The second kappa shape index (κ2) is 10.1. The van der Waals surface area contributed by atoms with Gasteiger partial charge in [-0.15, -0.1) is 11.8 Å². The number of para-hydroxylation sites is 1. The molecule has 8 heteroatoms. The van der Waals surface area contributed by atoms with Crippen molar-refractivity contribution < 1.29 is 28.5 Å². The molecule has 2 aromatic carbocycles. The van der Waals surface area contributed by atoms with Crippen LogP contribution < -0.4 is 14.2 Å². The standard InChI is InChI=1S/C23H23NO6S/c1-27-18-9-14(10-19(28-2)23(18)30-4)22(26)20(31-13-21(25)29-3)11-15-12-24-17-8-6-5-7-16(15)17/h5-12,24H,13H2,1-4H3/b20-11+. The van der Waals surface area contributed by atoms with E-state index in [4.69, 9.17) is 18.9 Å². The fourth-order valence-electron chi connectivity index (χ4n) is 3.08. The number of Topliss-reactive ketones (excluding diaryl/α,β-unsaturated/α-hetero) is 1. The molecule has 1 heterocycles. The van der Waals surface area contributed by atoms with Crippen LogP contribution in [0.15, 0.2) is 47.5 Å². The number of ketones is 1. The number of carbonyl (C=O) groups excluding carboxylic acids is 2. The number of fused-ring (bicyclic) bond motifs is 1. The summed E-state index contributed by atoms with van der Waals surface area (Å²) in [7, 11) is 5.78. The molecular formula is C23H23NO6S. The molecule has 1 aromatic heterocycles. The Hall–Kier alpha value is -3.39. The Bertz CT molecular complexity index is 1110. The number of carbonyl (C=O) groups is 2. The van der Waals surface area contributed by atoms with Gasteiger partial charge >= 0.3 is 5.97 Å². The van der Waals surface area contributed by atoms with E-state index in [1.165, 1.54) is 28.4 Å². The number of hydrogen-bond acceptors (Lipinski definition) is 7. The molecule has 31 heavy (non-hydrogen) atoms. The minimum absolute atomic E-state index is 0.000846. The van der Waals surface area contributed by atoms with Crippen LogP contribution in [0.3, 0.4) is 0 Å². The topological polar surface area (TPSA) is 86.9 Å². The predicted molar refractivity (Wildman–Crippen MR) is 121 cm³/mol. The molecule has 1 N–H and O–H groups in total. The van der Waals surface area contributed by atoms with Gasteiger partial charge in [0.2, 0.25) is 5.75 Å². The number of benzene rings is 2. The number of nitrogens with one attached hydrogen (secondary N) is 1. The van der Waals surface area contributed by atoms with Crippen molar-refractivity contribution in [3.05, 3.63) is 58.6 Å². The number of allylic oxidation sites excluding steroid dienone is 1. The lowest BCUT2D eigenvalue weighted by Gasteiger charge is -2.14. The zero-order chi connectivity index (χ0) is 22.4. The van der Waals surface area contributed by atoms with Crippen molar-refractivity contribution in [1.29, 1.82) is 0 Å². The summed E-state index contributed by atoms with van der Waals surface area (Å²) in [4.78, 5) is 28.7. The smallest absolute Gasteiger partial charge is 0.315 e. The van der Waals surface area contributed by atoms with Gasteiger partial charge in [0.05, 0.1) is 39.1 Å². The van der Waals surface area contributed by atoms with Gasteiger partial charge < -0.3 is 23.9 Å². The van der Waals surface area contributed by atoms with Gasteiger partial charge in [0.15, 0.2) is 17.3 Å². The second-order valence-electron chi connectivity index (χ2n) is 6.41. The van der Waals surface area contributed by atoms with Crippen LogP contribution in [0.4, 0.5) is 0 Å². The highest BCUT2D eigenvalue weighted by molar-refractivity contribution is 8.04. The lowest BCUT2D eigenvalue weighted by Crippen LogP contribution is -2.08. The van der Waals surface area contributed by atoms with Crippen molar-refractivity contribution in [1.82, 2.24) is 4.98 Å². The van der Waals surface area contributed by atoms with Gasteiger partial charge in [-0.05, 0) is 24.3 Å². The largest absolute Gasteiger partial charge is 0.493 e. The van der Waals surface area contributed by atoms with E-state index < -0.39 is 5.97 Å². The van der Waals surface area contributed by atoms with Crippen molar-refractivity contribution >= 4 is 40.5 Å². The number of hydrogen-bond donors (Lipinski definition) is 1. The summed E-state index contributed by atoms with van der Waals surface area (Å²) in [6.45, 7) is 0. The van der Waals surface area contributed by atoms with Gasteiger partial charge in [-0.25, -0.2) is 0 Å². The Morgan fingerprint density at radius 2 is 1.68 bits per heavy atom. The summed E-state index contributed by atoms with van der Waals surface area (Å²) in [6, 6.07) is 11.0. The first-order valence-electron chi connectivity index (χ1n) is 9.34. The number of aromatic amines is 1. The molecule has 162 valence electrons. The van der Waals surface area contributed by atoms with Crippen LogP contribution in [0.25, 0.3) is 17.0 Å². The van der Waals surface area contributed by atoms with Crippen LogP contribution in [-0.4, -0.2) is 50.9 Å². The van der Waals surface area contributed by atoms with Crippen LogP contribution >= 0.6 is 11.8 Å². The van der Waals surface area contributed by atoms with Crippen molar-refractivity contribution in [3.63, 3.8) is 0 Å². The molecule has 0 atom stereocenters. The number of methoxy groups -OCH3 is 4. The molecule has 0 bridgehead atoms. The summed E-state index contributed by atoms with van der Waals surface area (Å²) in [5, 5.41) is 0.969. The Labute approximate surface area is 184 Å². The first kappa shape index (κ1) is 22.3. The summed E-state index contributed by atoms with van der Waals surface area (Å²) in [6.07, 6.45) is 3.59. The van der Waals surface area contributed by atoms with E-state index in [-0.39, 0.29) is 11.5 Å². The van der Waals surface area contributed by atoms with Crippen LogP contribution in [-0.2, 0) is 9.53 Å². The van der Waals surface area contributed by atoms with E-state index in [0.717, 1.165) is 28.2 Å². The zero-order valence-electron chi connectivity index (χ0n) is 17.7. The molecule has 0 aliphatic rings. The van der Waals surface area contributed by atoms with E-state index in [1.807, 2.05) is 30.5 Å². The summed E-state index contributed by atoms with van der Waals surface area (Å²) in [5.74, 6) is 0.432. The third kappa shape index (κ3) is 4.86. The molecule has 0 amide bonds. The number of aromatic nitrogens is 1. The molecule has 0 unspecified atom stereocenters. The van der Waals surface area contributed by atoms with Gasteiger partial charge in [-0.3, -0.25) is 9.59 Å². The van der Waals surface area contributed by atoms with E-state index in [1.54, 1.807) is 18.2 Å². The summed E-state index contributed by atoms with van der Waals surface area (Å²) >= 11 is 1.11. The van der Waals surface area contributed by atoms with E-state index >= 15 is 0 Å². The average molecular weight is 442 g/mol. The Kier molecular flexibility index (Phi) is 7.25. The third-order valence-corrected chi connectivity index (χ3v) is 5.63. The molecule has 0 radical (unpaired) electrons. The van der Waals surface area contributed by atoms with Crippen molar-refractivity contribution in [2.24, 2.45) is 0 Å². The fourth-order valence-corrected chi connectivity index (χ4v) is 3.93. The van der Waals surface area contributed by atoms with E-state index in [2.05, 4.69) is 4.98 Å². The maximum absolute atomic E-state index is 13.4. The number of rotatable bonds is 9. The van der Waals surface area contributed by atoms with Gasteiger partial charge in [-0.1, -0.05) is 18.2 Å². The normalized spacial score (nSPS) is 11.3. The number of esters is 1. The monoisotopic (exact) mass is 441 g/mol. The molecular weight excluding hydrogens is 418 g/mol. The Morgan fingerprint density at radius 3 is 2.29 bits per heavy atom. The van der Waals surface area contributed by atoms with Crippen molar-refractivity contribution in [3.8, 4) is 17.2 Å². The number of thioether (sulfide) groups is 1. The van der Waals surface area contributed by atoms with Crippen molar-refractivity contribution in [2.75, 3.05) is 34.2 Å². The van der Waals surface area contributed by atoms with Crippen LogP contribution in [0.5, 0.6) is 17.2 Å². The maximum atomic E-state index is 13.4. The van der Waals surface area contributed by atoms with Gasteiger partial charge in [0.1, 0.15) is 0 Å².